The van der Waals surface area contributed by atoms with Crippen molar-refractivity contribution in [1.29, 1.82) is 0 Å². The van der Waals surface area contributed by atoms with Gasteiger partial charge in [-0.15, -0.1) is 0 Å². The molecule has 1 amide bonds. The minimum absolute atomic E-state index is 0.131. The normalized spacial score (nSPS) is 19.3. The van der Waals surface area contributed by atoms with Crippen molar-refractivity contribution in [2.24, 2.45) is 11.8 Å². The van der Waals surface area contributed by atoms with Crippen LogP contribution in [-0.2, 0) is 4.79 Å². The maximum absolute atomic E-state index is 11.4. The molecule has 1 saturated carbocycles. The summed E-state index contributed by atoms with van der Waals surface area (Å²) in [7, 11) is 0. The Kier molecular flexibility index (Phi) is 6.47. The van der Waals surface area contributed by atoms with Crippen LogP contribution in [0.25, 0.3) is 0 Å². The van der Waals surface area contributed by atoms with Crippen LogP contribution in [0.1, 0.15) is 39.0 Å². The fourth-order valence-corrected chi connectivity index (χ4v) is 2.57. The molecule has 0 radical (unpaired) electrons. The van der Waals surface area contributed by atoms with E-state index in [1.165, 1.54) is 32.1 Å². The highest BCUT2D eigenvalue weighted by atomic mass is 16.3. The van der Waals surface area contributed by atoms with Crippen molar-refractivity contribution in [2.75, 3.05) is 19.7 Å². The molecule has 0 aliphatic heterocycles. The SMILES string of the molecule is CC(CN(CCO)C1CCCCC1)C(=O)NN. The lowest BCUT2D eigenvalue weighted by Crippen LogP contribution is -2.45. The van der Waals surface area contributed by atoms with Crippen LogP contribution in [0.5, 0.6) is 0 Å². The Morgan fingerprint density at radius 2 is 2.12 bits per heavy atom. The first-order valence-electron chi connectivity index (χ1n) is 6.54. The van der Waals surface area contributed by atoms with Gasteiger partial charge in [-0.3, -0.25) is 15.1 Å². The predicted molar refractivity (Wildman–Crippen MR) is 67.0 cm³/mol. The maximum Gasteiger partial charge on any atom is 0.237 e. The highest BCUT2D eigenvalue weighted by Gasteiger charge is 2.24. The lowest BCUT2D eigenvalue weighted by Gasteiger charge is -2.35. The van der Waals surface area contributed by atoms with Crippen LogP contribution in [-0.4, -0.2) is 41.7 Å². The molecule has 100 valence electrons. The van der Waals surface area contributed by atoms with Gasteiger partial charge in [-0.05, 0) is 12.8 Å². The van der Waals surface area contributed by atoms with Gasteiger partial charge in [-0.1, -0.05) is 26.2 Å². The van der Waals surface area contributed by atoms with Crippen LogP contribution in [0.2, 0.25) is 0 Å². The Bertz CT molecular complexity index is 230. The number of carbonyl (C=O) groups excluding carboxylic acids is 1. The zero-order valence-corrected chi connectivity index (χ0v) is 10.7. The second-order valence-corrected chi connectivity index (χ2v) is 4.92. The van der Waals surface area contributed by atoms with Crippen molar-refractivity contribution in [2.45, 2.75) is 45.1 Å². The molecule has 1 aliphatic carbocycles. The van der Waals surface area contributed by atoms with Crippen molar-refractivity contribution < 1.29 is 9.90 Å². The average Bonchev–Trinajstić information content (AvgIpc) is 2.38. The molecule has 0 aromatic rings. The number of nitrogens with zero attached hydrogens (tertiary/aromatic N) is 1. The Hall–Kier alpha value is -0.650. The Morgan fingerprint density at radius 1 is 1.47 bits per heavy atom. The fraction of sp³-hybridized carbons (Fsp3) is 0.917. The van der Waals surface area contributed by atoms with E-state index in [0.29, 0.717) is 19.1 Å². The molecular weight excluding hydrogens is 218 g/mol. The van der Waals surface area contributed by atoms with Crippen LogP contribution in [0.3, 0.4) is 0 Å². The van der Waals surface area contributed by atoms with E-state index in [4.69, 9.17) is 10.9 Å². The molecule has 0 saturated heterocycles. The number of aliphatic hydroxyl groups is 1. The van der Waals surface area contributed by atoms with E-state index in [-0.39, 0.29) is 18.4 Å². The third-order valence-corrected chi connectivity index (χ3v) is 3.58. The first-order valence-corrected chi connectivity index (χ1v) is 6.54. The minimum Gasteiger partial charge on any atom is -0.395 e. The summed E-state index contributed by atoms with van der Waals surface area (Å²) in [4.78, 5) is 13.6. The van der Waals surface area contributed by atoms with Crippen LogP contribution >= 0.6 is 0 Å². The maximum atomic E-state index is 11.4. The molecule has 1 unspecified atom stereocenters. The molecule has 1 atom stereocenters. The summed E-state index contributed by atoms with van der Waals surface area (Å²) < 4.78 is 0. The second-order valence-electron chi connectivity index (χ2n) is 4.92. The number of nitrogens with one attached hydrogen (secondary N) is 1. The van der Waals surface area contributed by atoms with Gasteiger partial charge in [-0.25, -0.2) is 5.84 Å². The zero-order valence-electron chi connectivity index (χ0n) is 10.7. The lowest BCUT2D eigenvalue weighted by molar-refractivity contribution is -0.125. The van der Waals surface area contributed by atoms with Crippen molar-refractivity contribution in [1.82, 2.24) is 10.3 Å². The number of hydrogen-bond donors (Lipinski definition) is 3. The summed E-state index contributed by atoms with van der Waals surface area (Å²) >= 11 is 0. The number of rotatable bonds is 6. The van der Waals surface area contributed by atoms with Gasteiger partial charge in [-0.2, -0.15) is 0 Å². The largest absolute Gasteiger partial charge is 0.395 e. The highest BCUT2D eigenvalue weighted by molar-refractivity contribution is 5.77. The highest BCUT2D eigenvalue weighted by Crippen LogP contribution is 2.23. The summed E-state index contributed by atoms with van der Waals surface area (Å²) in [5, 5.41) is 9.11. The first kappa shape index (κ1) is 14.4. The monoisotopic (exact) mass is 243 g/mol. The van der Waals surface area contributed by atoms with Crippen molar-refractivity contribution in [3.8, 4) is 0 Å². The third-order valence-electron chi connectivity index (χ3n) is 3.58. The van der Waals surface area contributed by atoms with Gasteiger partial charge in [0.05, 0.1) is 6.61 Å². The average molecular weight is 243 g/mol. The smallest absolute Gasteiger partial charge is 0.237 e. The number of carbonyl (C=O) groups is 1. The number of hydrogen-bond acceptors (Lipinski definition) is 4. The van der Waals surface area contributed by atoms with Gasteiger partial charge in [0.2, 0.25) is 5.91 Å². The Morgan fingerprint density at radius 3 is 2.65 bits per heavy atom. The molecule has 5 nitrogen and oxygen atoms in total. The van der Waals surface area contributed by atoms with E-state index in [1.54, 1.807) is 0 Å². The first-order chi connectivity index (χ1) is 8.19. The number of nitrogens with two attached hydrogens (primary N) is 1. The quantitative estimate of drug-likeness (QED) is 0.355. The van der Waals surface area contributed by atoms with E-state index in [2.05, 4.69) is 10.3 Å². The van der Waals surface area contributed by atoms with Crippen LogP contribution in [0.15, 0.2) is 0 Å². The summed E-state index contributed by atoms with van der Waals surface area (Å²) in [6, 6.07) is 0.518. The van der Waals surface area contributed by atoms with E-state index >= 15 is 0 Å². The third kappa shape index (κ3) is 4.61. The van der Waals surface area contributed by atoms with Crippen LogP contribution < -0.4 is 11.3 Å². The molecule has 17 heavy (non-hydrogen) atoms. The van der Waals surface area contributed by atoms with Crippen LogP contribution in [0, 0.1) is 5.92 Å². The molecule has 0 spiro atoms. The molecule has 4 N–H and O–H groups in total. The van der Waals surface area contributed by atoms with Crippen LogP contribution in [0.4, 0.5) is 0 Å². The van der Waals surface area contributed by atoms with Gasteiger partial charge in [0.25, 0.3) is 0 Å². The number of hydrazine groups is 1. The Balaban J connectivity index is 2.49. The lowest BCUT2D eigenvalue weighted by atomic mass is 9.93. The molecule has 0 heterocycles. The summed E-state index contributed by atoms with van der Waals surface area (Å²) in [5.41, 5.74) is 2.19. The van der Waals surface area contributed by atoms with Crippen molar-refractivity contribution in [3.05, 3.63) is 0 Å². The van der Waals surface area contributed by atoms with Gasteiger partial charge >= 0.3 is 0 Å². The standard InChI is InChI=1S/C12H25N3O2/c1-10(12(17)14-13)9-15(7-8-16)11-5-3-2-4-6-11/h10-11,16H,2-9,13H2,1H3,(H,14,17). The predicted octanol–water partition coefficient (Wildman–Crippen LogP) is 0.239. The molecule has 5 heteroatoms. The Labute approximate surface area is 103 Å². The van der Waals surface area contributed by atoms with Gasteiger partial charge in [0.1, 0.15) is 0 Å². The molecule has 0 aromatic carbocycles. The fourth-order valence-electron chi connectivity index (χ4n) is 2.57. The summed E-state index contributed by atoms with van der Waals surface area (Å²) in [6.45, 7) is 3.34. The van der Waals surface area contributed by atoms with E-state index < -0.39 is 0 Å². The molecular formula is C12H25N3O2. The van der Waals surface area contributed by atoms with Crippen molar-refractivity contribution >= 4 is 5.91 Å². The van der Waals surface area contributed by atoms with Gasteiger partial charge in [0.15, 0.2) is 0 Å². The minimum atomic E-state index is -0.135. The molecule has 1 fully saturated rings. The van der Waals surface area contributed by atoms with E-state index in [1.807, 2.05) is 6.92 Å². The topological polar surface area (TPSA) is 78.6 Å². The summed E-state index contributed by atoms with van der Waals surface area (Å²) in [6.07, 6.45) is 6.17. The number of amides is 1. The van der Waals surface area contributed by atoms with Gasteiger partial charge < -0.3 is 5.11 Å². The summed E-state index contributed by atoms with van der Waals surface area (Å²) in [5.74, 6) is 4.87. The second kappa shape index (κ2) is 7.63. The molecule has 1 rings (SSSR count). The van der Waals surface area contributed by atoms with E-state index in [0.717, 1.165) is 0 Å². The van der Waals surface area contributed by atoms with Gasteiger partial charge in [0, 0.05) is 25.0 Å². The molecule has 0 aromatic heterocycles. The van der Waals surface area contributed by atoms with Crippen molar-refractivity contribution in [3.63, 3.8) is 0 Å². The van der Waals surface area contributed by atoms with E-state index in [9.17, 15) is 4.79 Å². The molecule has 1 aliphatic rings. The molecule has 0 bridgehead atoms. The zero-order chi connectivity index (χ0) is 12.7. The number of aliphatic hydroxyl groups excluding tert-OH is 1.